The van der Waals surface area contributed by atoms with Gasteiger partial charge in [0.15, 0.2) is 0 Å². The lowest BCUT2D eigenvalue weighted by molar-refractivity contribution is 0.174. The summed E-state index contributed by atoms with van der Waals surface area (Å²) in [5, 5.41) is 13.4. The lowest BCUT2D eigenvalue weighted by atomic mass is 10.0. The fourth-order valence-corrected chi connectivity index (χ4v) is 3.23. The van der Waals surface area contributed by atoms with Crippen molar-refractivity contribution >= 4 is 21.4 Å². The first-order chi connectivity index (χ1) is 9.25. The highest BCUT2D eigenvalue weighted by molar-refractivity contribution is 7.17. The highest BCUT2D eigenvalue weighted by Crippen LogP contribution is 2.30. The zero-order valence-corrected chi connectivity index (χ0v) is 11.0. The molecule has 0 bridgehead atoms. The molecule has 0 aliphatic rings. The molecule has 0 fully saturated rings. The lowest BCUT2D eigenvalue weighted by Gasteiger charge is -2.11. The van der Waals surface area contributed by atoms with E-state index in [4.69, 9.17) is 0 Å². The number of fused-ring (bicyclic) bond motifs is 1. The van der Waals surface area contributed by atoms with E-state index in [0.717, 1.165) is 10.9 Å². The molecule has 0 spiro atoms. The van der Waals surface area contributed by atoms with Gasteiger partial charge in [0.2, 0.25) is 0 Å². The Kier molecular flexibility index (Phi) is 3.32. The van der Waals surface area contributed by atoms with Gasteiger partial charge in [0.05, 0.1) is 6.10 Å². The summed E-state index contributed by atoms with van der Waals surface area (Å²) >= 11 is 1.65. The quantitative estimate of drug-likeness (QED) is 0.753. The minimum atomic E-state index is -0.806. The van der Waals surface area contributed by atoms with Gasteiger partial charge in [0, 0.05) is 16.7 Å². The van der Waals surface area contributed by atoms with Crippen molar-refractivity contribution in [1.82, 2.24) is 0 Å². The number of halogens is 1. The first-order valence-electron chi connectivity index (χ1n) is 6.13. The standard InChI is InChI=1S/C16H13FOS/c17-14-7-3-1-6-13(14)15(18)9-11-10-19-16-8-4-2-5-12(11)16/h1-8,10,15,18H,9H2. The summed E-state index contributed by atoms with van der Waals surface area (Å²) in [6.07, 6.45) is -0.371. The van der Waals surface area contributed by atoms with E-state index in [1.807, 2.05) is 23.6 Å². The number of hydrogen-bond donors (Lipinski definition) is 1. The van der Waals surface area contributed by atoms with Crippen LogP contribution in [0.15, 0.2) is 53.9 Å². The average Bonchev–Trinajstić information content (AvgIpc) is 2.83. The number of aliphatic hydroxyl groups excluding tert-OH is 1. The van der Waals surface area contributed by atoms with Crippen LogP contribution in [0.2, 0.25) is 0 Å². The van der Waals surface area contributed by atoms with E-state index < -0.39 is 6.10 Å². The molecule has 1 nitrogen and oxygen atoms in total. The molecule has 0 aliphatic heterocycles. The third kappa shape index (κ3) is 2.39. The monoisotopic (exact) mass is 272 g/mol. The van der Waals surface area contributed by atoms with Crippen molar-refractivity contribution in [3.8, 4) is 0 Å². The van der Waals surface area contributed by atoms with E-state index >= 15 is 0 Å². The van der Waals surface area contributed by atoms with Crippen molar-refractivity contribution in [2.24, 2.45) is 0 Å². The van der Waals surface area contributed by atoms with Crippen LogP contribution in [0.1, 0.15) is 17.2 Å². The Bertz CT molecular complexity index is 705. The summed E-state index contributed by atoms with van der Waals surface area (Å²) in [5.41, 5.74) is 1.43. The van der Waals surface area contributed by atoms with Gasteiger partial charge < -0.3 is 5.11 Å². The van der Waals surface area contributed by atoms with Crippen LogP contribution in [0.4, 0.5) is 4.39 Å². The Morgan fingerprint density at radius 3 is 2.63 bits per heavy atom. The van der Waals surface area contributed by atoms with Gasteiger partial charge in [0.25, 0.3) is 0 Å². The second kappa shape index (κ2) is 5.11. The number of benzene rings is 2. The van der Waals surface area contributed by atoms with Gasteiger partial charge in [-0.15, -0.1) is 11.3 Å². The zero-order chi connectivity index (χ0) is 13.2. The van der Waals surface area contributed by atoms with Crippen LogP contribution in [-0.2, 0) is 6.42 Å². The Morgan fingerprint density at radius 2 is 1.79 bits per heavy atom. The molecule has 3 rings (SSSR count). The van der Waals surface area contributed by atoms with Crippen molar-refractivity contribution in [3.63, 3.8) is 0 Å². The van der Waals surface area contributed by atoms with Crippen molar-refractivity contribution < 1.29 is 9.50 Å². The molecule has 3 aromatic rings. The van der Waals surface area contributed by atoms with Crippen LogP contribution < -0.4 is 0 Å². The molecule has 1 N–H and O–H groups in total. The van der Waals surface area contributed by atoms with Gasteiger partial charge >= 0.3 is 0 Å². The first kappa shape index (κ1) is 12.3. The molecule has 0 aliphatic carbocycles. The molecule has 3 heteroatoms. The summed E-state index contributed by atoms with van der Waals surface area (Å²) < 4.78 is 14.8. The summed E-state index contributed by atoms with van der Waals surface area (Å²) in [5.74, 6) is -0.352. The Hall–Kier alpha value is -1.71. The van der Waals surface area contributed by atoms with Gasteiger partial charge in [-0.3, -0.25) is 0 Å². The maximum absolute atomic E-state index is 13.6. The topological polar surface area (TPSA) is 20.2 Å². The van der Waals surface area contributed by atoms with Crippen LogP contribution >= 0.6 is 11.3 Å². The number of hydrogen-bond acceptors (Lipinski definition) is 2. The molecule has 0 radical (unpaired) electrons. The van der Waals surface area contributed by atoms with Gasteiger partial charge in [-0.1, -0.05) is 36.4 Å². The Labute approximate surface area is 115 Å². The second-order valence-corrected chi connectivity index (χ2v) is 5.41. The van der Waals surface area contributed by atoms with E-state index in [1.54, 1.807) is 29.5 Å². The molecule has 2 aromatic carbocycles. The number of rotatable bonds is 3. The average molecular weight is 272 g/mol. The van der Waals surface area contributed by atoms with E-state index in [1.165, 1.54) is 10.8 Å². The summed E-state index contributed by atoms with van der Waals surface area (Å²) in [4.78, 5) is 0. The Morgan fingerprint density at radius 1 is 1.05 bits per heavy atom. The van der Waals surface area contributed by atoms with E-state index in [0.29, 0.717) is 12.0 Å². The molecule has 96 valence electrons. The third-order valence-electron chi connectivity index (χ3n) is 3.24. The molecule has 1 heterocycles. The Balaban J connectivity index is 1.91. The highest BCUT2D eigenvalue weighted by atomic mass is 32.1. The minimum Gasteiger partial charge on any atom is -0.388 e. The minimum absolute atomic E-state index is 0.352. The third-order valence-corrected chi connectivity index (χ3v) is 4.25. The van der Waals surface area contributed by atoms with Crippen LogP contribution in [0.5, 0.6) is 0 Å². The number of aliphatic hydroxyl groups is 1. The van der Waals surface area contributed by atoms with Crippen LogP contribution in [0.3, 0.4) is 0 Å². The summed E-state index contributed by atoms with van der Waals surface area (Å²) in [6, 6.07) is 14.5. The molecule has 0 saturated heterocycles. The van der Waals surface area contributed by atoms with E-state index in [2.05, 4.69) is 6.07 Å². The maximum Gasteiger partial charge on any atom is 0.129 e. The van der Waals surface area contributed by atoms with Crippen molar-refractivity contribution in [3.05, 3.63) is 70.9 Å². The van der Waals surface area contributed by atoms with Crippen molar-refractivity contribution in [2.75, 3.05) is 0 Å². The first-order valence-corrected chi connectivity index (χ1v) is 7.01. The van der Waals surface area contributed by atoms with Gasteiger partial charge in [-0.25, -0.2) is 4.39 Å². The fraction of sp³-hybridized carbons (Fsp3) is 0.125. The van der Waals surface area contributed by atoms with Gasteiger partial charge in [0.1, 0.15) is 5.82 Å². The molecular formula is C16H13FOS. The summed E-state index contributed by atoms with van der Waals surface area (Å²) in [7, 11) is 0. The number of thiophene rings is 1. The zero-order valence-electron chi connectivity index (χ0n) is 10.2. The predicted octanol–water partition coefficient (Wildman–Crippen LogP) is 4.32. The molecule has 0 amide bonds. The largest absolute Gasteiger partial charge is 0.388 e. The fourth-order valence-electron chi connectivity index (χ4n) is 2.25. The predicted molar refractivity (Wildman–Crippen MR) is 76.9 cm³/mol. The maximum atomic E-state index is 13.6. The normalized spacial score (nSPS) is 12.7. The van der Waals surface area contributed by atoms with E-state index in [9.17, 15) is 9.50 Å². The second-order valence-electron chi connectivity index (χ2n) is 4.50. The molecule has 1 unspecified atom stereocenters. The highest BCUT2D eigenvalue weighted by Gasteiger charge is 2.14. The van der Waals surface area contributed by atoms with Crippen LogP contribution in [-0.4, -0.2) is 5.11 Å². The molecule has 19 heavy (non-hydrogen) atoms. The van der Waals surface area contributed by atoms with E-state index in [-0.39, 0.29) is 5.82 Å². The molecule has 0 saturated carbocycles. The van der Waals surface area contributed by atoms with Crippen molar-refractivity contribution in [2.45, 2.75) is 12.5 Å². The van der Waals surface area contributed by atoms with Gasteiger partial charge in [-0.2, -0.15) is 0 Å². The van der Waals surface area contributed by atoms with Gasteiger partial charge in [-0.05, 0) is 28.5 Å². The smallest absolute Gasteiger partial charge is 0.129 e. The SMILES string of the molecule is OC(Cc1csc2ccccc12)c1ccccc1F. The van der Waals surface area contributed by atoms with Crippen LogP contribution in [0.25, 0.3) is 10.1 Å². The van der Waals surface area contributed by atoms with Crippen molar-refractivity contribution in [1.29, 1.82) is 0 Å². The lowest BCUT2D eigenvalue weighted by Crippen LogP contribution is -2.03. The summed E-state index contributed by atoms with van der Waals surface area (Å²) in [6.45, 7) is 0. The van der Waals surface area contributed by atoms with Crippen LogP contribution in [0, 0.1) is 5.82 Å². The molecule has 1 aromatic heterocycles. The molecule has 1 atom stereocenters. The molecular weight excluding hydrogens is 259 g/mol.